The number of hydrogen-bond acceptors (Lipinski definition) is 3. The van der Waals surface area contributed by atoms with Gasteiger partial charge in [-0.2, -0.15) is 5.10 Å². The summed E-state index contributed by atoms with van der Waals surface area (Å²) < 4.78 is 27.6. The van der Waals surface area contributed by atoms with E-state index in [1.807, 2.05) is 0 Å². The fourth-order valence-corrected chi connectivity index (χ4v) is 3.03. The van der Waals surface area contributed by atoms with Crippen LogP contribution in [0.15, 0.2) is 29.0 Å². The number of pyridine rings is 1. The fourth-order valence-electron chi connectivity index (χ4n) is 2.25. The van der Waals surface area contributed by atoms with Crippen molar-refractivity contribution in [2.24, 2.45) is 0 Å². The van der Waals surface area contributed by atoms with E-state index in [1.54, 1.807) is 24.5 Å². The summed E-state index contributed by atoms with van der Waals surface area (Å²) in [5.41, 5.74) is 0.979. The SMILES string of the molecule is O=C(Cn1nc(C(F)F)c(Br)c1C1CC1)Nc1ccncc1. The van der Waals surface area contributed by atoms with Crippen molar-refractivity contribution >= 4 is 27.5 Å². The number of carbonyl (C=O) groups excluding carboxylic acids is 1. The Bertz CT molecular complexity index is 686. The average molecular weight is 371 g/mol. The highest BCUT2D eigenvalue weighted by Crippen LogP contribution is 2.45. The highest BCUT2D eigenvalue weighted by atomic mass is 79.9. The van der Waals surface area contributed by atoms with Crippen LogP contribution in [-0.4, -0.2) is 20.7 Å². The number of alkyl halides is 2. The molecule has 5 nitrogen and oxygen atoms in total. The second-order valence-electron chi connectivity index (χ2n) is 5.10. The van der Waals surface area contributed by atoms with E-state index in [0.29, 0.717) is 15.9 Å². The molecule has 1 amide bonds. The number of hydrogen-bond donors (Lipinski definition) is 1. The molecule has 1 N–H and O–H groups in total. The molecular weight excluding hydrogens is 358 g/mol. The monoisotopic (exact) mass is 370 g/mol. The molecule has 0 spiro atoms. The first-order valence-corrected chi connectivity index (χ1v) is 7.59. The molecule has 22 heavy (non-hydrogen) atoms. The van der Waals surface area contributed by atoms with Gasteiger partial charge in [-0.05, 0) is 40.9 Å². The summed E-state index contributed by atoms with van der Waals surface area (Å²) in [6.45, 7) is -0.0977. The van der Waals surface area contributed by atoms with Gasteiger partial charge in [0.15, 0.2) is 0 Å². The minimum atomic E-state index is -2.67. The predicted molar refractivity (Wildman–Crippen MR) is 79.7 cm³/mol. The van der Waals surface area contributed by atoms with Gasteiger partial charge in [0.05, 0.1) is 10.2 Å². The number of carbonyl (C=O) groups is 1. The van der Waals surface area contributed by atoms with Crippen LogP contribution >= 0.6 is 15.9 Å². The zero-order chi connectivity index (χ0) is 15.7. The average Bonchev–Trinajstić information content (AvgIpc) is 3.25. The van der Waals surface area contributed by atoms with Crippen molar-refractivity contribution in [1.82, 2.24) is 14.8 Å². The van der Waals surface area contributed by atoms with E-state index in [-0.39, 0.29) is 24.1 Å². The van der Waals surface area contributed by atoms with Gasteiger partial charge < -0.3 is 5.32 Å². The summed E-state index contributed by atoms with van der Waals surface area (Å²) in [7, 11) is 0. The van der Waals surface area contributed by atoms with E-state index in [2.05, 4.69) is 31.3 Å². The maximum Gasteiger partial charge on any atom is 0.283 e. The third-order valence-electron chi connectivity index (χ3n) is 3.38. The van der Waals surface area contributed by atoms with Crippen LogP contribution in [0.4, 0.5) is 14.5 Å². The zero-order valence-corrected chi connectivity index (χ0v) is 13.1. The van der Waals surface area contributed by atoms with E-state index >= 15 is 0 Å². The lowest BCUT2D eigenvalue weighted by atomic mass is 10.2. The van der Waals surface area contributed by atoms with Gasteiger partial charge in [-0.15, -0.1) is 0 Å². The number of anilines is 1. The first kappa shape index (κ1) is 15.1. The normalized spacial score (nSPS) is 14.4. The number of nitrogens with one attached hydrogen (secondary N) is 1. The molecule has 116 valence electrons. The molecule has 0 unspecified atom stereocenters. The van der Waals surface area contributed by atoms with Crippen molar-refractivity contribution in [2.45, 2.75) is 31.7 Å². The Hall–Kier alpha value is -1.83. The van der Waals surface area contributed by atoms with Crippen LogP contribution < -0.4 is 5.32 Å². The lowest BCUT2D eigenvalue weighted by Crippen LogP contribution is -2.21. The predicted octanol–water partition coefficient (Wildman–Crippen LogP) is 3.49. The van der Waals surface area contributed by atoms with Crippen molar-refractivity contribution in [3.05, 3.63) is 40.4 Å². The van der Waals surface area contributed by atoms with Crippen LogP contribution in [0.2, 0.25) is 0 Å². The number of aromatic nitrogens is 3. The lowest BCUT2D eigenvalue weighted by molar-refractivity contribution is -0.117. The van der Waals surface area contributed by atoms with Crippen LogP contribution in [-0.2, 0) is 11.3 Å². The Labute approximate surface area is 133 Å². The third kappa shape index (κ3) is 3.16. The summed E-state index contributed by atoms with van der Waals surface area (Å²) in [6, 6.07) is 3.31. The van der Waals surface area contributed by atoms with Gasteiger partial charge in [-0.1, -0.05) is 0 Å². The summed E-state index contributed by atoms with van der Waals surface area (Å²) in [5, 5.41) is 6.59. The molecule has 1 saturated carbocycles. The molecule has 1 aliphatic carbocycles. The first-order valence-electron chi connectivity index (χ1n) is 6.80. The van der Waals surface area contributed by atoms with Crippen molar-refractivity contribution in [3.8, 4) is 0 Å². The number of rotatable bonds is 5. The van der Waals surface area contributed by atoms with Crippen LogP contribution in [0.1, 0.15) is 36.6 Å². The molecule has 2 aromatic rings. The van der Waals surface area contributed by atoms with Crippen molar-refractivity contribution in [2.75, 3.05) is 5.32 Å². The molecule has 0 bridgehead atoms. The maximum absolute atomic E-state index is 13.0. The maximum atomic E-state index is 13.0. The molecule has 2 aromatic heterocycles. The Morgan fingerprint density at radius 3 is 2.68 bits per heavy atom. The molecule has 0 aromatic carbocycles. The molecule has 1 aliphatic rings. The van der Waals surface area contributed by atoms with E-state index < -0.39 is 6.43 Å². The molecule has 0 saturated heterocycles. The highest BCUT2D eigenvalue weighted by molar-refractivity contribution is 9.10. The van der Waals surface area contributed by atoms with Crippen LogP contribution in [0.3, 0.4) is 0 Å². The van der Waals surface area contributed by atoms with Gasteiger partial charge in [-0.3, -0.25) is 14.5 Å². The van der Waals surface area contributed by atoms with Gasteiger partial charge in [0.25, 0.3) is 6.43 Å². The molecule has 0 atom stereocenters. The molecule has 0 aliphatic heterocycles. The zero-order valence-electron chi connectivity index (χ0n) is 11.5. The minimum Gasteiger partial charge on any atom is -0.324 e. The molecular formula is C14H13BrF2N4O. The smallest absolute Gasteiger partial charge is 0.283 e. The lowest BCUT2D eigenvalue weighted by Gasteiger charge is -2.08. The van der Waals surface area contributed by atoms with E-state index in [4.69, 9.17) is 0 Å². The van der Waals surface area contributed by atoms with Gasteiger partial charge in [-0.25, -0.2) is 8.78 Å². The largest absolute Gasteiger partial charge is 0.324 e. The Morgan fingerprint density at radius 2 is 2.09 bits per heavy atom. The quantitative estimate of drug-likeness (QED) is 0.875. The summed E-state index contributed by atoms with van der Waals surface area (Å²) in [5.74, 6) is -0.119. The van der Waals surface area contributed by atoms with E-state index in [9.17, 15) is 13.6 Å². The number of amides is 1. The topological polar surface area (TPSA) is 59.8 Å². The standard InChI is InChI=1S/C14H13BrF2N4O/c15-11-12(14(16)17)20-21(13(11)8-1-2-8)7-10(22)19-9-3-5-18-6-4-9/h3-6,8,14H,1-2,7H2,(H,18,19,22). The Morgan fingerprint density at radius 1 is 1.41 bits per heavy atom. The fraction of sp³-hybridized carbons (Fsp3) is 0.357. The number of nitrogens with zero attached hydrogens (tertiary/aromatic N) is 3. The second-order valence-corrected chi connectivity index (χ2v) is 5.89. The van der Waals surface area contributed by atoms with Crippen LogP contribution in [0, 0.1) is 0 Å². The molecule has 8 heteroatoms. The summed E-state index contributed by atoms with van der Waals surface area (Å²) >= 11 is 3.20. The van der Waals surface area contributed by atoms with Gasteiger partial charge in [0.1, 0.15) is 12.2 Å². The number of halogens is 3. The first-order chi connectivity index (χ1) is 10.6. The van der Waals surface area contributed by atoms with Gasteiger partial charge in [0.2, 0.25) is 5.91 Å². The Balaban J connectivity index is 1.79. The molecule has 1 fully saturated rings. The molecule has 3 rings (SSSR count). The molecule has 2 heterocycles. The van der Waals surface area contributed by atoms with Crippen molar-refractivity contribution in [3.63, 3.8) is 0 Å². The van der Waals surface area contributed by atoms with Crippen LogP contribution in [0.5, 0.6) is 0 Å². The van der Waals surface area contributed by atoms with E-state index in [0.717, 1.165) is 12.8 Å². The van der Waals surface area contributed by atoms with E-state index in [1.165, 1.54) is 4.68 Å². The second kappa shape index (κ2) is 6.12. The van der Waals surface area contributed by atoms with Crippen molar-refractivity contribution in [1.29, 1.82) is 0 Å². The summed E-state index contributed by atoms with van der Waals surface area (Å²) in [6.07, 6.45) is 2.31. The Kier molecular flexibility index (Phi) is 4.19. The molecule has 0 radical (unpaired) electrons. The van der Waals surface area contributed by atoms with Crippen molar-refractivity contribution < 1.29 is 13.6 Å². The summed E-state index contributed by atoms with van der Waals surface area (Å²) in [4.78, 5) is 15.9. The van der Waals surface area contributed by atoms with Gasteiger partial charge >= 0.3 is 0 Å². The van der Waals surface area contributed by atoms with Gasteiger partial charge in [0, 0.05) is 24.0 Å². The minimum absolute atomic E-state index is 0.0977. The highest BCUT2D eigenvalue weighted by Gasteiger charge is 2.34. The third-order valence-corrected chi connectivity index (χ3v) is 4.20. The van der Waals surface area contributed by atoms with Crippen LogP contribution in [0.25, 0.3) is 0 Å².